The molecule has 0 bridgehead atoms. The monoisotopic (exact) mass is 515 g/mol. The highest BCUT2D eigenvalue weighted by Gasteiger charge is 2.31. The van der Waals surface area contributed by atoms with E-state index in [0.717, 1.165) is 11.1 Å². The number of nitrogens with one attached hydrogen (secondary N) is 1. The third-order valence-electron chi connectivity index (χ3n) is 4.84. The van der Waals surface area contributed by atoms with Crippen molar-refractivity contribution in [1.29, 1.82) is 0 Å². The minimum Gasteiger partial charge on any atom is -0.310 e. The number of halogens is 1. The number of anilines is 1. The lowest BCUT2D eigenvalue weighted by molar-refractivity contribution is -0.118. The van der Waals surface area contributed by atoms with E-state index in [0.29, 0.717) is 29.5 Å². The van der Waals surface area contributed by atoms with Crippen LogP contribution >= 0.6 is 15.9 Å². The van der Waals surface area contributed by atoms with Crippen LogP contribution in [0.5, 0.6) is 0 Å². The summed E-state index contributed by atoms with van der Waals surface area (Å²) in [5, 5.41) is 5.08. The predicted molar refractivity (Wildman–Crippen MR) is 117 cm³/mol. The van der Waals surface area contributed by atoms with Crippen molar-refractivity contribution in [3.63, 3.8) is 0 Å². The zero-order valence-electron chi connectivity index (χ0n) is 16.3. The summed E-state index contributed by atoms with van der Waals surface area (Å²) >= 11 is 3.35. The second-order valence-electron chi connectivity index (χ2n) is 6.90. The number of primary sulfonamides is 1. The van der Waals surface area contributed by atoms with Crippen molar-refractivity contribution in [3.8, 4) is 0 Å². The zero-order valence-corrected chi connectivity index (χ0v) is 19.5. The number of fused-ring (bicyclic) bond motifs is 1. The summed E-state index contributed by atoms with van der Waals surface area (Å²) < 4.78 is 51.9. The molecule has 30 heavy (non-hydrogen) atoms. The number of amides is 1. The van der Waals surface area contributed by atoms with Gasteiger partial charge in [0, 0.05) is 24.0 Å². The van der Waals surface area contributed by atoms with Gasteiger partial charge in [-0.05, 0) is 48.2 Å². The lowest BCUT2D eigenvalue weighted by atomic mass is 10.2. The Labute approximate surface area is 184 Å². The van der Waals surface area contributed by atoms with Gasteiger partial charge in [0.15, 0.2) is 0 Å². The van der Waals surface area contributed by atoms with Crippen molar-refractivity contribution in [1.82, 2.24) is 4.72 Å². The summed E-state index contributed by atoms with van der Waals surface area (Å²) in [6.07, 6.45) is 1.24. The van der Waals surface area contributed by atoms with Gasteiger partial charge in [-0.1, -0.05) is 35.0 Å². The molecule has 2 aromatic carbocycles. The van der Waals surface area contributed by atoms with Gasteiger partial charge in [0.2, 0.25) is 26.0 Å². The number of nitrogens with two attached hydrogens (primary N) is 1. The van der Waals surface area contributed by atoms with E-state index < -0.39 is 20.0 Å². The van der Waals surface area contributed by atoms with E-state index >= 15 is 0 Å². The summed E-state index contributed by atoms with van der Waals surface area (Å²) in [4.78, 5) is 13.9. The summed E-state index contributed by atoms with van der Waals surface area (Å²) in [6.45, 7) is 2.31. The van der Waals surface area contributed by atoms with Crippen LogP contribution in [0, 0.1) is 0 Å². The number of nitrogens with zero attached hydrogens (tertiary/aromatic N) is 1. The Balaban J connectivity index is 1.79. The molecule has 3 rings (SSSR count). The quantitative estimate of drug-likeness (QED) is 0.582. The van der Waals surface area contributed by atoms with Crippen LogP contribution in [0.4, 0.5) is 5.69 Å². The van der Waals surface area contributed by atoms with Gasteiger partial charge < -0.3 is 4.90 Å². The molecule has 1 heterocycles. The van der Waals surface area contributed by atoms with Crippen LogP contribution in [-0.4, -0.2) is 35.8 Å². The van der Waals surface area contributed by atoms with Crippen molar-refractivity contribution in [2.75, 3.05) is 18.0 Å². The van der Waals surface area contributed by atoms with Crippen LogP contribution in [-0.2, 0) is 37.7 Å². The van der Waals surface area contributed by atoms with Gasteiger partial charge in [0.1, 0.15) is 4.90 Å². The molecule has 0 saturated heterocycles. The zero-order chi connectivity index (χ0) is 22.1. The van der Waals surface area contributed by atoms with Gasteiger partial charge in [-0.2, -0.15) is 0 Å². The Hall–Kier alpha value is -1.79. The van der Waals surface area contributed by atoms with Gasteiger partial charge in [-0.15, -0.1) is 0 Å². The van der Waals surface area contributed by atoms with Crippen molar-refractivity contribution >= 4 is 47.6 Å². The number of benzene rings is 2. The maximum absolute atomic E-state index is 13.0. The molecule has 1 aliphatic heterocycles. The van der Waals surface area contributed by atoms with Gasteiger partial charge in [0.25, 0.3) is 0 Å². The Kier molecular flexibility index (Phi) is 6.68. The fourth-order valence-corrected chi connectivity index (χ4v) is 5.84. The summed E-state index contributed by atoms with van der Waals surface area (Å²) in [5.74, 6) is -0.123. The normalized spacial score (nSPS) is 14.0. The summed E-state index contributed by atoms with van der Waals surface area (Å²) in [6, 6.07) is 9.29. The number of hydrogen-bond acceptors (Lipinski definition) is 5. The molecule has 11 heteroatoms. The van der Waals surface area contributed by atoms with E-state index in [4.69, 9.17) is 5.14 Å². The van der Waals surface area contributed by atoms with E-state index in [-0.39, 0.29) is 28.7 Å². The molecular weight excluding hydrogens is 494 g/mol. The highest BCUT2D eigenvalue weighted by molar-refractivity contribution is 9.10. The van der Waals surface area contributed by atoms with Crippen LogP contribution in [0.1, 0.15) is 24.5 Å². The van der Waals surface area contributed by atoms with Crippen molar-refractivity contribution in [2.24, 2.45) is 5.14 Å². The van der Waals surface area contributed by atoms with E-state index in [9.17, 15) is 21.6 Å². The van der Waals surface area contributed by atoms with Gasteiger partial charge >= 0.3 is 0 Å². The molecule has 0 aliphatic carbocycles. The molecule has 2 aromatic rings. The molecule has 8 nitrogen and oxygen atoms in total. The van der Waals surface area contributed by atoms with Crippen LogP contribution < -0.4 is 14.8 Å². The van der Waals surface area contributed by atoms with E-state index in [2.05, 4.69) is 20.7 Å². The molecule has 0 fully saturated rings. The lowest BCUT2D eigenvalue weighted by Gasteiger charge is -2.20. The third-order valence-corrected chi connectivity index (χ3v) is 7.71. The summed E-state index contributed by atoms with van der Waals surface area (Å²) in [5.41, 5.74) is 2.01. The molecule has 1 aliphatic rings. The number of carbonyl (C=O) groups excluding carboxylic acids is 1. The lowest BCUT2D eigenvalue weighted by Crippen LogP contribution is -2.32. The maximum atomic E-state index is 13.0. The first-order chi connectivity index (χ1) is 14.0. The predicted octanol–water partition coefficient (Wildman–Crippen LogP) is 1.92. The topological polar surface area (TPSA) is 127 Å². The van der Waals surface area contributed by atoms with Gasteiger partial charge in [-0.3, -0.25) is 4.79 Å². The highest BCUT2D eigenvalue weighted by Crippen LogP contribution is 2.37. The van der Waals surface area contributed by atoms with Crippen LogP contribution in [0.3, 0.4) is 0 Å². The SMILES string of the molecule is CCC(=O)N1CCc2cc(Br)cc(S(=O)(=O)NCCc3ccc(S(N)(=O)=O)cc3)c21. The smallest absolute Gasteiger partial charge is 0.242 e. The van der Waals surface area contributed by atoms with Crippen LogP contribution in [0.15, 0.2) is 50.7 Å². The Morgan fingerprint density at radius 3 is 2.43 bits per heavy atom. The van der Waals surface area contributed by atoms with Crippen molar-refractivity contribution in [2.45, 2.75) is 36.0 Å². The number of hydrogen-bond donors (Lipinski definition) is 2. The molecule has 162 valence electrons. The molecular formula is C19H22BrN3O5S2. The molecule has 0 saturated carbocycles. The first-order valence-corrected chi connectivity index (χ1v) is 13.1. The molecule has 1 amide bonds. The standard InChI is InChI=1S/C19H22BrN3O5S2/c1-2-18(24)23-10-8-14-11-15(20)12-17(19(14)23)30(27,28)22-9-7-13-3-5-16(6-4-13)29(21,25)26/h3-6,11-12,22H,2,7-10H2,1H3,(H2,21,25,26). The minimum absolute atomic E-state index is 0.00258. The first-order valence-electron chi connectivity index (χ1n) is 9.27. The Morgan fingerprint density at radius 1 is 1.17 bits per heavy atom. The van der Waals surface area contributed by atoms with Gasteiger partial charge in [-0.25, -0.2) is 26.7 Å². The second-order valence-corrected chi connectivity index (χ2v) is 11.1. The summed E-state index contributed by atoms with van der Waals surface area (Å²) in [7, 11) is -7.65. The van der Waals surface area contributed by atoms with Crippen molar-refractivity contribution in [3.05, 3.63) is 52.0 Å². The van der Waals surface area contributed by atoms with Gasteiger partial charge in [0.05, 0.1) is 10.6 Å². The molecule has 3 N–H and O–H groups in total. The molecule has 0 atom stereocenters. The Morgan fingerprint density at radius 2 is 1.83 bits per heavy atom. The van der Waals surface area contributed by atoms with E-state index in [1.165, 1.54) is 23.1 Å². The fourth-order valence-electron chi connectivity index (χ4n) is 3.37. The number of rotatable bonds is 7. The molecule has 0 spiro atoms. The molecule has 0 radical (unpaired) electrons. The number of carbonyl (C=O) groups is 1. The molecule has 0 aromatic heterocycles. The largest absolute Gasteiger partial charge is 0.310 e. The number of sulfonamides is 2. The van der Waals surface area contributed by atoms with Crippen LogP contribution in [0.2, 0.25) is 0 Å². The van der Waals surface area contributed by atoms with E-state index in [1.807, 2.05) is 6.07 Å². The van der Waals surface area contributed by atoms with E-state index in [1.54, 1.807) is 19.1 Å². The average Bonchev–Trinajstić information content (AvgIpc) is 3.09. The average molecular weight is 516 g/mol. The third kappa shape index (κ3) is 4.92. The first kappa shape index (κ1) is 22.9. The Bertz CT molecular complexity index is 1180. The highest BCUT2D eigenvalue weighted by atomic mass is 79.9. The maximum Gasteiger partial charge on any atom is 0.242 e. The van der Waals surface area contributed by atoms with Crippen LogP contribution in [0.25, 0.3) is 0 Å². The molecule has 0 unspecified atom stereocenters. The fraction of sp³-hybridized carbons (Fsp3) is 0.316. The minimum atomic E-state index is -3.87. The van der Waals surface area contributed by atoms with Crippen molar-refractivity contribution < 1.29 is 21.6 Å². The second kappa shape index (κ2) is 8.75.